The van der Waals surface area contributed by atoms with Gasteiger partial charge in [-0.05, 0) is 26.0 Å². The van der Waals surface area contributed by atoms with E-state index in [1.807, 2.05) is 13.8 Å². The number of alkyl halides is 1. The van der Waals surface area contributed by atoms with Gasteiger partial charge < -0.3 is 4.74 Å². The van der Waals surface area contributed by atoms with Crippen LogP contribution < -0.4 is 0 Å². The predicted molar refractivity (Wildman–Crippen MR) is 81.9 cm³/mol. The number of likely N-dealkylation sites (N-methyl/N-ethyl adjacent to an activating group) is 1. The zero-order valence-electron chi connectivity index (χ0n) is 12.1. The van der Waals surface area contributed by atoms with Crippen LogP contribution in [0.15, 0.2) is 17.0 Å². The van der Waals surface area contributed by atoms with Crippen LogP contribution in [0.1, 0.15) is 19.4 Å². The van der Waals surface area contributed by atoms with Crippen molar-refractivity contribution in [2.24, 2.45) is 0 Å². The van der Waals surface area contributed by atoms with Gasteiger partial charge in [0.25, 0.3) is 0 Å². The van der Waals surface area contributed by atoms with Gasteiger partial charge in [0.2, 0.25) is 10.0 Å². The Kier molecular flexibility index (Phi) is 6.87. The molecule has 0 aromatic heterocycles. The summed E-state index contributed by atoms with van der Waals surface area (Å²) in [4.78, 5) is -0.474. The Hall–Kier alpha value is -0.400. The second-order valence-electron chi connectivity index (χ2n) is 4.76. The molecule has 0 atom stereocenters. The molecule has 0 saturated heterocycles. The third kappa shape index (κ3) is 4.79. The van der Waals surface area contributed by atoms with Gasteiger partial charge in [-0.15, -0.1) is 11.6 Å². The van der Waals surface area contributed by atoms with E-state index in [0.29, 0.717) is 0 Å². The van der Waals surface area contributed by atoms with Crippen molar-refractivity contribution in [2.45, 2.75) is 30.7 Å². The summed E-state index contributed by atoms with van der Waals surface area (Å²) in [5.41, 5.74) is 0.0505. The first kappa shape index (κ1) is 18.6. The zero-order valence-corrected chi connectivity index (χ0v) is 14.4. The molecule has 0 aliphatic rings. The van der Waals surface area contributed by atoms with Crippen LogP contribution in [0.4, 0.5) is 4.39 Å². The Labute approximate surface area is 134 Å². The van der Waals surface area contributed by atoms with Crippen LogP contribution in [0.2, 0.25) is 5.02 Å². The quantitative estimate of drug-likeness (QED) is 0.703. The Morgan fingerprint density at radius 3 is 2.52 bits per heavy atom. The molecular formula is C13H18Cl2FNO3S. The van der Waals surface area contributed by atoms with Crippen LogP contribution in [-0.2, 0) is 20.6 Å². The van der Waals surface area contributed by atoms with E-state index >= 15 is 0 Å². The molecule has 8 heteroatoms. The summed E-state index contributed by atoms with van der Waals surface area (Å²) >= 11 is 11.4. The van der Waals surface area contributed by atoms with Gasteiger partial charge in [-0.25, -0.2) is 12.8 Å². The maximum atomic E-state index is 14.2. The normalized spacial score (nSPS) is 12.4. The lowest BCUT2D eigenvalue weighted by molar-refractivity contribution is 0.0737. The number of hydrogen-bond donors (Lipinski definition) is 0. The summed E-state index contributed by atoms with van der Waals surface area (Å²) in [5, 5.41) is 0.123. The topological polar surface area (TPSA) is 46.6 Å². The molecule has 0 bridgehead atoms. The van der Waals surface area contributed by atoms with E-state index < -0.39 is 20.7 Å². The lowest BCUT2D eigenvalue weighted by atomic mass is 10.2. The highest BCUT2D eigenvalue weighted by Crippen LogP contribution is 2.26. The van der Waals surface area contributed by atoms with Gasteiger partial charge in [0, 0.05) is 24.2 Å². The van der Waals surface area contributed by atoms with Gasteiger partial charge in [-0.2, -0.15) is 4.31 Å². The molecule has 0 amide bonds. The van der Waals surface area contributed by atoms with Crippen LogP contribution in [-0.4, -0.2) is 39.0 Å². The summed E-state index contributed by atoms with van der Waals surface area (Å²) in [6, 6.07) is 2.40. The highest BCUT2D eigenvalue weighted by molar-refractivity contribution is 7.89. The molecule has 4 nitrogen and oxygen atoms in total. The monoisotopic (exact) mass is 357 g/mol. The predicted octanol–water partition coefficient (Wildman–Crippen LogP) is 3.26. The van der Waals surface area contributed by atoms with Gasteiger partial charge in [-0.3, -0.25) is 0 Å². The number of halogens is 3. The molecule has 0 aliphatic carbocycles. The smallest absolute Gasteiger partial charge is 0.245 e. The third-order valence-corrected chi connectivity index (χ3v) is 5.13. The van der Waals surface area contributed by atoms with Gasteiger partial charge in [0.1, 0.15) is 10.7 Å². The number of hydrogen-bond acceptors (Lipinski definition) is 3. The van der Waals surface area contributed by atoms with Crippen LogP contribution in [0.3, 0.4) is 0 Å². The Morgan fingerprint density at radius 2 is 2.00 bits per heavy atom. The van der Waals surface area contributed by atoms with Crippen molar-refractivity contribution >= 4 is 33.2 Å². The van der Waals surface area contributed by atoms with E-state index in [9.17, 15) is 12.8 Å². The summed E-state index contributed by atoms with van der Waals surface area (Å²) in [7, 11) is -2.63. The minimum atomic E-state index is -3.99. The molecule has 0 radical (unpaired) electrons. The fourth-order valence-electron chi connectivity index (χ4n) is 1.61. The lowest BCUT2D eigenvalue weighted by Gasteiger charge is -2.19. The highest BCUT2D eigenvalue weighted by atomic mass is 35.5. The second-order valence-corrected chi connectivity index (χ2v) is 7.47. The second kappa shape index (κ2) is 7.74. The summed E-state index contributed by atoms with van der Waals surface area (Å²) in [5.74, 6) is -1.03. The molecule has 0 N–H and O–H groups in total. The molecule has 1 rings (SSSR count). The number of rotatable bonds is 7. The van der Waals surface area contributed by atoms with Gasteiger partial charge in [-0.1, -0.05) is 11.6 Å². The molecule has 0 spiro atoms. The molecule has 1 aromatic carbocycles. The lowest BCUT2D eigenvalue weighted by Crippen LogP contribution is -2.31. The van der Waals surface area contributed by atoms with Crippen molar-refractivity contribution in [3.8, 4) is 0 Å². The van der Waals surface area contributed by atoms with E-state index in [0.717, 1.165) is 10.4 Å². The average Bonchev–Trinajstić information content (AvgIpc) is 2.40. The van der Waals surface area contributed by atoms with Crippen molar-refractivity contribution in [1.29, 1.82) is 0 Å². The fraction of sp³-hybridized carbons (Fsp3) is 0.538. The van der Waals surface area contributed by atoms with Gasteiger partial charge in [0.05, 0.1) is 18.6 Å². The van der Waals surface area contributed by atoms with E-state index in [-0.39, 0.29) is 35.7 Å². The maximum Gasteiger partial charge on any atom is 0.245 e. The summed E-state index contributed by atoms with van der Waals surface area (Å²) < 4.78 is 45.3. The molecular weight excluding hydrogens is 340 g/mol. The van der Waals surface area contributed by atoms with Crippen LogP contribution in [0, 0.1) is 5.82 Å². The van der Waals surface area contributed by atoms with E-state index in [1.54, 1.807) is 0 Å². The first-order chi connectivity index (χ1) is 9.70. The van der Waals surface area contributed by atoms with Crippen LogP contribution in [0.25, 0.3) is 0 Å². The molecule has 0 unspecified atom stereocenters. The minimum Gasteiger partial charge on any atom is -0.377 e. The molecule has 0 fully saturated rings. The minimum absolute atomic E-state index is 0.00754. The molecule has 1 aromatic rings. The van der Waals surface area contributed by atoms with Gasteiger partial charge >= 0.3 is 0 Å². The largest absolute Gasteiger partial charge is 0.377 e. The fourth-order valence-corrected chi connectivity index (χ4v) is 3.39. The van der Waals surface area contributed by atoms with Crippen molar-refractivity contribution in [3.05, 3.63) is 28.5 Å². The van der Waals surface area contributed by atoms with Crippen LogP contribution in [0.5, 0.6) is 0 Å². The highest BCUT2D eigenvalue weighted by Gasteiger charge is 2.26. The van der Waals surface area contributed by atoms with E-state index in [1.165, 1.54) is 13.1 Å². The number of ether oxygens (including phenoxy) is 1. The molecule has 21 heavy (non-hydrogen) atoms. The molecule has 120 valence electrons. The van der Waals surface area contributed by atoms with Crippen molar-refractivity contribution in [1.82, 2.24) is 4.31 Å². The van der Waals surface area contributed by atoms with E-state index in [2.05, 4.69) is 0 Å². The first-order valence-electron chi connectivity index (χ1n) is 6.32. The Balaban J connectivity index is 3.05. The summed E-state index contributed by atoms with van der Waals surface area (Å²) in [6.07, 6.45) is -0.00754. The SMILES string of the molecule is CC(C)OCCN(C)S(=O)(=O)c1cc(Cl)cc(CCl)c1F. The molecule has 0 aliphatic heterocycles. The summed E-state index contributed by atoms with van der Waals surface area (Å²) in [6.45, 7) is 4.02. The average molecular weight is 358 g/mol. The van der Waals surface area contributed by atoms with Crippen molar-refractivity contribution in [2.75, 3.05) is 20.2 Å². The van der Waals surface area contributed by atoms with Crippen molar-refractivity contribution in [3.63, 3.8) is 0 Å². The molecule has 0 heterocycles. The van der Waals surface area contributed by atoms with Crippen molar-refractivity contribution < 1.29 is 17.5 Å². The van der Waals surface area contributed by atoms with E-state index in [4.69, 9.17) is 27.9 Å². The number of benzene rings is 1. The Bertz CT molecular complexity index is 593. The standard InChI is InChI=1S/C13H18Cl2FNO3S/c1-9(2)20-5-4-17(3)21(18,19)12-7-11(15)6-10(8-14)13(12)16/h6-7,9H,4-5,8H2,1-3H3. The van der Waals surface area contributed by atoms with Crippen LogP contribution >= 0.6 is 23.2 Å². The maximum absolute atomic E-state index is 14.2. The Morgan fingerprint density at radius 1 is 1.38 bits per heavy atom. The number of sulfonamides is 1. The number of nitrogens with zero attached hydrogens (tertiary/aromatic N) is 1. The van der Waals surface area contributed by atoms with Gasteiger partial charge in [0.15, 0.2) is 0 Å². The molecule has 0 saturated carbocycles. The first-order valence-corrected chi connectivity index (χ1v) is 8.67. The zero-order chi connectivity index (χ0) is 16.2. The third-order valence-electron chi connectivity index (χ3n) is 2.77.